The standard InChI is InChI=1S/C34H48N2O6/c1-7-9-10-14-21-41-32(40)27-26-30(38)36(19-12-11-13-20-37)29(34(26)22-25(5)33(27,6)42-34)31(39)35(18-8-2)28-23(3)16-15-17-24(28)4/h7-8,15-17,25-27,29,37H,1-2,9-14,18-22H2,3-6H3/t25?,26-,27-,29?,33+,34?/m0/s1. The van der Waals surface area contributed by atoms with E-state index in [1.54, 1.807) is 15.9 Å². The maximum atomic E-state index is 14.8. The number of para-hydroxylation sites is 1. The molecule has 0 radical (unpaired) electrons. The number of aliphatic hydroxyl groups is 1. The highest BCUT2D eigenvalue weighted by atomic mass is 16.6. The van der Waals surface area contributed by atoms with E-state index in [1.165, 1.54) is 0 Å². The Kier molecular flexibility index (Phi) is 9.99. The highest BCUT2D eigenvalue weighted by Gasteiger charge is 2.80. The first-order chi connectivity index (χ1) is 20.1. The van der Waals surface area contributed by atoms with Gasteiger partial charge in [-0.25, -0.2) is 0 Å². The molecule has 3 unspecified atom stereocenters. The van der Waals surface area contributed by atoms with Crippen LogP contribution in [0.25, 0.3) is 0 Å². The fourth-order valence-corrected chi connectivity index (χ4v) is 7.64. The highest BCUT2D eigenvalue weighted by molar-refractivity contribution is 6.05. The molecule has 8 nitrogen and oxygen atoms in total. The van der Waals surface area contributed by atoms with Crippen molar-refractivity contribution in [3.05, 3.63) is 54.6 Å². The van der Waals surface area contributed by atoms with Gasteiger partial charge < -0.3 is 24.4 Å². The van der Waals surface area contributed by atoms with Crippen LogP contribution in [0, 0.1) is 31.6 Å². The number of unbranched alkanes of at least 4 members (excludes halogenated alkanes) is 4. The normalized spacial score (nSPS) is 29.5. The van der Waals surface area contributed by atoms with Crippen molar-refractivity contribution in [2.24, 2.45) is 17.8 Å². The highest BCUT2D eigenvalue weighted by Crippen LogP contribution is 2.65. The first-order valence-corrected chi connectivity index (χ1v) is 15.5. The maximum absolute atomic E-state index is 14.8. The third-order valence-corrected chi connectivity index (χ3v) is 9.69. The number of likely N-dealkylation sites (tertiary alicyclic amines) is 1. The molecule has 1 N–H and O–H groups in total. The molecule has 0 aromatic heterocycles. The number of hydrogen-bond donors (Lipinski definition) is 1. The van der Waals surface area contributed by atoms with Crippen LogP contribution in [0.2, 0.25) is 0 Å². The van der Waals surface area contributed by atoms with Gasteiger partial charge in [0, 0.05) is 25.4 Å². The first kappa shape index (κ1) is 32.0. The van der Waals surface area contributed by atoms with E-state index in [9.17, 15) is 19.5 Å². The van der Waals surface area contributed by atoms with Crippen molar-refractivity contribution in [3.8, 4) is 0 Å². The summed E-state index contributed by atoms with van der Waals surface area (Å²) >= 11 is 0. The SMILES string of the molecule is C=CCCCCOC(=O)[C@@H]1[C@H]2C(=O)N(CCCCCO)C(C(=O)N(CC=C)c3c(C)cccc3C)C23CC(C)[C@@]1(C)O3. The van der Waals surface area contributed by atoms with E-state index in [0.29, 0.717) is 32.2 Å². The zero-order valence-corrected chi connectivity index (χ0v) is 25.8. The van der Waals surface area contributed by atoms with Gasteiger partial charge in [-0.3, -0.25) is 14.4 Å². The second kappa shape index (κ2) is 13.1. The molecule has 6 atom stereocenters. The zero-order chi connectivity index (χ0) is 30.7. The minimum atomic E-state index is -1.14. The Morgan fingerprint density at radius 2 is 1.86 bits per heavy atom. The van der Waals surface area contributed by atoms with Crippen molar-refractivity contribution in [2.45, 2.75) is 89.9 Å². The van der Waals surface area contributed by atoms with Gasteiger partial charge >= 0.3 is 5.97 Å². The Morgan fingerprint density at radius 1 is 1.14 bits per heavy atom. The molecule has 3 saturated heterocycles. The molecular weight excluding hydrogens is 532 g/mol. The summed E-state index contributed by atoms with van der Waals surface area (Å²) in [6.07, 6.45) is 8.44. The molecule has 8 heteroatoms. The third kappa shape index (κ3) is 5.44. The van der Waals surface area contributed by atoms with Crippen LogP contribution in [0.1, 0.15) is 69.9 Å². The molecule has 3 aliphatic heterocycles. The van der Waals surface area contributed by atoms with Crippen LogP contribution in [0.4, 0.5) is 5.69 Å². The van der Waals surface area contributed by atoms with Crippen LogP contribution < -0.4 is 4.90 Å². The predicted molar refractivity (Wildman–Crippen MR) is 163 cm³/mol. The van der Waals surface area contributed by atoms with Crippen molar-refractivity contribution >= 4 is 23.5 Å². The van der Waals surface area contributed by atoms with Gasteiger partial charge in [-0.15, -0.1) is 13.2 Å². The summed E-state index contributed by atoms with van der Waals surface area (Å²) in [5.74, 6) is -2.51. The molecule has 2 amide bonds. The summed E-state index contributed by atoms with van der Waals surface area (Å²) < 4.78 is 12.6. The summed E-state index contributed by atoms with van der Waals surface area (Å²) in [6.45, 7) is 16.5. The Hall–Kier alpha value is -2.97. The van der Waals surface area contributed by atoms with Crippen LogP contribution in [-0.2, 0) is 23.9 Å². The third-order valence-electron chi connectivity index (χ3n) is 9.69. The number of esters is 1. The number of rotatable bonds is 15. The number of hydrogen-bond acceptors (Lipinski definition) is 6. The van der Waals surface area contributed by atoms with Gasteiger partial charge in [0.1, 0.15) is 17.6 Å². The van der Waals surface area contributed by atoms with Crippen molar-refractivity contribution < 1.29 is 29.0 Å². The number of nitrogens with zero attached hydrogens (tertiary/aromatic N) is 2. The van der Waals surface area contributed by atoms with Gasteiger partial charge in [-0.1, -0.05) is 37.3 Å². The average Bonchev–Trinajstić information content (AvgIpc) is 3.46. The first-order valence-electron chi connectivity index (χ1n) is 15.5. The van der Waals surface area contributed by atoms with Gasteiger partial charge in [-0.2, -0.15) is 0 Å². The molecule has 3 fully saturated rings. The zero-order valence-electron chi connectivity index (χ0n) is 25.8. The van der Waals surface area contributed by atoms with Crippen molar-refractivity contribution in [3.63, 3.8) is 0 Å². The number of aliphatic hydroxyl groups excluding tert-OH is 1. The molecule has 0 aliphatic carbocycles. The molecule has 3 heterocycles. The summed E-state index contributed by atoms with van der Waals surface area (Å²) in [4.78, 5) is 46.3. The molecule has 1 spiro atoms. The van der Waals surface area contributed by atoms with E-state index >= 15 is 0 Å². The molecular formula is C34H48N2O6. The second-order valence-corrected chi connectivity index (χ2v) is 12.4. The van der Waals surface area contributed by atoms with Crippen LogP contribution in [-0.4, -0.2) is 71.3 Å². The van der Waals surface area contributed by atoms with Crippen LogP contribution >= 0.6 is 0 Å². The van der Waals surface area contributed by atoms with Gasteiger partial charge in [0.05, 0.1) is 18.1 Å². The lowest BCUT2D eigenvalue weighted by atomic mass is 9.62. The van der Waals surface area contributed by atoms with E-state index in [4.69, 9.17) is 9.47 Å². The Balaban J connectivity index is 1.74. The Bertz CT molecular complexity index is 1180. The van der Waals surface area contributed by atoms with Gasteiger partial charge in [-0.05, 0) is 82.8 Å². The van der Waals surface area contributed by atoms with Crippen molar-refractivity contribution in [1.82, 2.24) is 4.90 Å². The number of carbonyl (C=O) groups is 3. The number of carbonyl (C=O) groups excluding carboxylic acids is 3. The number of fused-ring (bicyclic) bond motifs is 1. The Labute approximate surface area is 250 Å². The molecule has 2 bridgehead atoms. The largest absolute Gasteiger partial charge is 0.465 e. The summed E-state index contributed by atoms with van der Waals surface area (Å²) in [5, 5.41) is 9.32. The molecule has 4 rings (SSSR count). The lowest BCUT2D eigenvalue weighted by Crippen LogP contribution is -2.57. The van der Waals surface area contributed by atoms with Crippen molar-refractivity contribution in [1.29, 1.82) is 0 Å². The van der Waals surface area contributed by atoms with Gasteiger partial charge in [0.2, 0.25) is 5.91 Å². The number of benzene rings is 1. The molecule has 1 aromatic carbocycles. The Morgan fingerprint density at radius 3 is 2.50 bits per heavy atom. The number of allylic oxidation sites excluding steroid dienone is 1. The number of aryl methyl sites for hydroxylation is 2. The minimum absolute atomic E-state index is 0.0578. The summed E-state index contributed by atoms with van der Waals surface area (Å²) in [7, 11) is 0. The molecule has 42 heavy (non-hydrogen) atoms. The summed E-state index contributed by atoms with van der Waals surface area (Å²) in [6, 6.07) is 5.02. The average molecular weight is 581 g/mol. The van der Waals surface area contributed by atoms with E-state index in [0.717, 1.165) is 36.1 Å². The predicted octanol–water partition coefficient (Wildman–Crippen LogP) is 4.90. The van der Waals surface area contributed by atoms with Crippen LogP contribution in [0.5, 0.6) is 0 Å². The van der Waals surface area contributed by atoms with Crippen LogP contribution in [0.3, 0.4) is 0 Å². The van der Waals surface area contributed by atoms with E-state index < -0.39 is 35.0 Å². The van der Waals surface area contributed by atoms with E-state index in [-0.39, 0.29) is 37.5 Å². The number of anilines is 1. The smallest absolute Gasteiger partial charge is 0.312 e. The van der Waals surface area contributed by atoms with E-state index in [1.807, 2.05) is 52.0 Å². The van der Waals surface area contributed by atoms with Crippen LogP contribution in [0.15, 0.2) is 43.5 Å². The van der Waals surface area contributed by atoms with E-state index in [2.05, 4.69) is 13.2 Å². The fraction of sp³-hybridized carbons (Fsp3) is 0.618. The number of amides is 2. The topological polar surface area (TPSA) is 96.4 Å². The van der Waals surface area contributed by atoms with Gasteiger partial charge in [0.25, 0.3) is 5.91 Å². The lowest BCUT2D eigenvalue weighted by molar-refractivity contribution is -0.161. The number of ether oxygens (including phenoxy) is 2. The van der Waals surface area contributed by atoms with Crippen molar-refractivity contribution in [2.75, 3.05) is 31.2 Å². The summed E-state index contributed by atoms with van der Waals surface area (Å²) in [5.41, 5.74) is 0.655. The lowest BCUT2D eigenvalue weighted by Gasteiger charge is -2.38. The fourth-order valence-electron chi connectivity index (χ4n) is 7.64. The molecule has 3 aliphatic rings. The second-order valence-electron chi connectivity index (χ2n) is 12.4. The maximum Gasteiger partial charge on any atom is 0.312 e. The minimum Gasteiger partial charge on any atom is -0.465 e. The monoisotopic (exact) mass is 580 g/mol. The molecule has 0 saturated carbocycles. The molecule has 230 valence electrons. The molecule has 1 aromatic rings. The quantitative estimate of drug-likeness (QED) is 0.180. The van der Waals surface area contributed by atoms with Gasteiger partial charge in [0.15, 0.2) is 0 Å².